The van der Waals surface area contributed by atoms with Crippen LogP contribution in [0.2, 0.25) is 0 Å². The largest absolute Gasteiger partial charge is 0.349 e. The molecule has 2 aliphatic rings. The first kappa shape index (κ1) is 20.4. The first-order valence-corrected chi connectivity index (χ1v) is 11.6. The van der Waals surface area contributed by atoms with Crippen LogP contribution in [-0.2, 0) is 4.79 Å². The van der Waals surface area contributed by atoms with Crippen molar-refractivity contribution >= 4 is 39.5 Å². The average molecular weight is 477 g/mol. The Balaban J connectivity index is 1.35. The molecular weight excluding hydrogens is 455 g/mol. The second-order valence-corrected chi connectivity index (χ2v) is 9.51. The molecule has 0 aliphatic carbocycles. The van der Waals surface area contributed by atoms with Gasteiger partial charge in [0.25, 0.3) is 5.91 Å². The van der Waals surface area contributed by atoms with E-state index in [4.69, 9.17) is 0 Å². The van der Waals surface area contributed by atoms with Gasteiger partial charge in [-0.1, -0.05) is 15.9 Å². The van der Waals surface area contributed by atoms with Crippen molar-refractivity contribution < 1.29 is 14.0 Å². The van der Waals surface area contributed by atoms with Gasteiger partial charge in [-0.3, -0.25) is 9.59 Å². The van der Waals surface area contributed by atoms with Crippen LogP contribution in [0, 0.1) is 11.7 Å². The molecule has 2 aliphatic heterocycles. The van der Waals surface area contributed by atoms with E-state index in [9.17, 15) is 14.0 Å². The maximum absolute atomic E-state index is 13.7. The molecule has 2 heterocycles. The van der Waals surface area contributed by atoms with E-state index in [-0.39, 0.29) is 29.6 Å². The molecule has 0 bridgehead atoms. The number of hydrogen-bond acceptors (Lipinski definition) is 3. The fourth-order valence-electron chi connectivity index (χ4n) is 3.92. The zero-order valence-corrected chi connectivity index (χ0v) is 18.3. The Labute approximate surface area is 182 Å². The van der Waals surface area contributed by atoms with E-state index in [2.05, 4.69) is 21.2 Å². The van der Waals surface area contributed by atoms with E-state index in [1.807, 2.05) is 29.2 Å². The minimum absolute atomic E-state index is 0.00469. The second-order valence-electron chi connectivity index (χ2n) is 7.45. The summed E-state index contributed by atoms with van der Waals surface area (Å²) < 4.78 is 14.6. The zero-order valence-electron chi connectivity index (χ0n) is 15.9. The standard InChI is InChI=1S/C22H22BrFN2O2S/c23-16-3-1-15(2-4-16)22(28)26-10-7-14(8-11-26)21(27)25-19-9-12-29-20-6-5-17(24)13-18(19)20/h1-6,13-14,19H,7-12H2,(H,25,27). The molecule has 1 unspecified atom stereocenters. The van der Waals surface area contributed by atoms with Gasteiger partial charge in [0.2, 0.25) is 5.91 Å². The van der Waals surface area contributed by atoms with Gasteiger partial charge in [0.1, 0.15) is 5.82 Å². The van der Waals surface area contributed by atoms with Crippen LogP contribution < -0.4 is 5.32 Å². The maximum Gasteiger partial charge on any atom is 0.253 e. The van der Waals surface area contributed by atoms with Gasteiger partial charge in [0.15, 0.2) is 0 Å². The molecule has 1 fully saturated rings. The Morgan fingerprint density at radius 3 is 2.52 bits per heavy atom. The summed E-state index contributed by atoms with van der Waals surface area (Å²) in [4.78, 5) is 28.3. The number of carbonyl (C=O) groups is 2. The summed E-state index contributed by atoms with van der Waals surface area (Å²) in [5.41, 5.74) is 1.53. The third kappa shape index (κ3) is 4.67. The van der Waals surface area contributed by atoms with Crippen molar-refractivity contribution in [2.45, 2.75) is 30.2 Å². The molecule has 4 nitrogen and oxygen atoms in total. The number of piperidine rings is 1. The number of halogens is 2. The Hall–Kier alpha value is -1.86. The molecule has 0 spiro atoms. The van der Waals surface area contributed by atoms with Crippen molar-refractivity contribution in [2.24, 2.45) is 5.92 Å². The summed E-state index contributed by atoms with van der Waals surface area (Å²) in [5.74, 6) is 0.530. The van der Waals surface area contributed by atoms with Crippen LogP contribution in [0.25, 0.3) is 0 Å². The van der Waals surface area contributed by atoms with Crippen molar-refractivity contribution in [2.75, 3.05) is 18.8 Å². The van der Waals surface area contributed by atoms with Crippen LogP contribution in [0.1, 0.15) is 41.2 Å². The van der Waals surface area contributed by atoms with Gasteiger partial charge in [-0.25, -0.2) is 4.39 Å². The highest BCUT2D eigenvalue weighted by molar-refractivity contribution is 9.10. The van der Waals surface area contributed by atoms with Crippen LogP contribution >= 0.6 is 27.7 Å². The number of nitrogens with zero attached hydrogens (tertiary/aromatic N) is 1. The lowest BCUT2D eigenvalue weighted by Gasteiger charge is -2.33. The predicted molar refractivity (Wildman–Crippen MR) is 115 cm³/mol. The topological polar surface area (TPSA) is 49.4 Å². The summed E-state index contributed by atoms with van der Waals surface area (Å²) in [6.07, 6.45) is 2.09. The summed E-state index contributed by atoms with van der Waals surface area (Å²) >= 11 is 5.08. The highest BCUT2D eigenvalue weighted by Gasteiger charge is 2.30. The summed E-state index contributed by atoms with van der Waals surface area (Å²) in [7, 11) is 0. The zero-order chi connectivity index (χ0) is 20.4. The van der Waals surface area contributed by atoms with E-state index in [1.165, 1.54) is 12.1 Å². The molecule has 1 atom stereocenters. The molecule has 0 saturated carbocycles. The normalized spacial score (nSPS) is 19.5. The lowest BCUT2D eigenvalue weighted by Crippen LogP contribution is -2.44. The van der Waals surface area contributed by atoms with Gasteiger partial charge < -0.3 is 10.2 Å². The number of benzene rings is 2. The Bertz CT molecular complexity index is 914. The molecule has 0 radical (unpaired) electrons. The number of nitrogens with one attached hydrogen (secondary N) is 1. The second kappa shape index (κ2) is 8.88. The van der Waals surface area contributed by atoms with E-state index in [0.717, 1.165) is 27.1 Å². The highest BCUT2D eigenvalue weighted by Crippen LogP contribution is 2.36. The van der Waals surface area contributed by atoms with Crippen molar-refractivity contribution in [1.29, 1.82) is 0 Å². The molecule has 2 aromatic carbocycles. The molecule has 152 valence electrons. The number of hydrogen-bond donors (Lipinski definition) is 1. The minimum Gasteiger partial charge on any atom is -0.349 e. The molecule has 7 heteroatoms. The Morgan fingerprint density at radius 2 is 1.79 bits per heavy atom. The van der Waals surface area contributed by atoms with Gasteiger partial charge in [0.05, 0.1) is 6.04 Å². The summed E-state index contributed by atoms with van der Waals surface area (Å²) in [6.45, 7) is 1.14. The van der Waals surface area contributed by atoms with Crippen LogP contribution in [0.4, 0.5) is 4.39 Å². The number of likely N-dealkylation sites (tertiary alicyclic amines) is 1. The lowest BCUT2D eigenvalue weighted by molar-refractivity contribution is -0.127. The molecule has 4 rings (SSSR count). The van der Waals surface area contributed by atoms with Crippen LogP contribution in [0.5, 0.6) is 0 Å². The smallest absolute Gasteiger partial charge is 0.253 e. The van der Waals surface area contributed by atoms with Crippen molar-refractivity contribution in [3.05, 3.63) is 63.9 Å². The average Bonchev–Trinajstić information content (AvgIpc) is 2.74. The van der Waals surface area contributed by atoms with Crippen LogP contribution in [-0.4, -0.2) is 35.6 Å². The molecular formula is C22H22BrFN2O2S. The molecule has 0 aromatic heterocycles. The van der Waals surface area contributed by atoms with Gasteiger partial charge in [0, 0.05) is 39.7 Å². The molecule has 1 N–H and O–H groups in total. The van der Waals surface area contributed by atoms with Crippen molar-refractivity contribution in [1.82, 2.24) is 10.2 Å². The van der Waals surface area contributed by atoms with E-state index in [0.29, 0.717) is 31.5 Å². The fraction of sp³-hybridized carbons (Fsp3) is 0.364. The molecule has 2 aromatic rings. The van der Waals surface area contributed by atoms with E-state index < -0.39 is 0 Å². The first-order chi connectivity index (χ1) is 14.0. The van der Waals surface area contributed by atoms with Crippen LogP contribution in [0.15, 0.2) is 51.8 Å². The number of fused-ring (bicyclic) bond motifs is 1. The molecule has 1 saturated heterocycles. The maximum atomic E-state index is 13.7. The van der Waals surface area contributed by atoms with E-state index >= 15 is 0 Å². The van der Waals surface area contributed by atoms with Gasteiger partial charge in [-0.05, 0) is 67.3 Å². The Kier molecular flexibility index (Phi) is 6.25. The van der Waals surface area contributed by atoms with Gasteiger partial charge >= 0.3 is 0 Å². The summed E-state index contributed by atoms with van der Waals surface area (Å²) in [6, 6.07) is 12.0. The first-order valence-electron chi connectivity index (χ1n) is 9.79. The third-order valence-electron chi connectivity index (χ3n) is 5.57. The fourth-order valence-corrected chi connectivity index (χ4v) is 5.29. The highest BCUT2D eigenvalue weighted by atomic mass is 79.9. The number of amides is 2. The molecule has 2 amide bonds. The minimum atomic E-state index is -0.273. The van der Waals surface area contributed by atoms with E-state index in [1.54, 1.807) is 17.8 Å². The number of rotatable bonds is 3. The quantitative estimate of drug-likeness (QED) is 0.692. The Morgan fingerprint density at radius 1 is 1.07 bits per heavy atom. The molecule has 29 heavy (non-hydrogen) atoms. The lowest BCUT2D eigenvalue weighted by atomic mass is 9.94. The summed E-state index contributed by atoms with van der Waals surface area (Å²) in [5, 5.41) is 3.13. The van der Waals surface area contributed by atoms with Crippen molar-refractivity contribution in [3.63, 3.8) is 0 Å². The number of thioether (sulfide) groups is 1. The van der Waals surface area contributed by atoms with Gasteiger partial charge in [-0.2, -0.15) is 0 Å². The SMILES string of the molecule is O=C(NC1CCSc2ccc(F)cc21)C1CCN(C(=O)c2ccc(Br)cc2)CC1. The van der Waals surface area contributed by atoms with Gasteiger partial charge in [-0.15, -0.1) is 11.8 Å². The predicted octanol–water partition coefficient (Wildman–Crippen LogP) is 4.79. The van der Waals surface area contributed by atoms with Crippen molar-refractivity contribution in [3.8, 4) is 0 Å². The third-order valence-corrected chi connectivity index (χ3v) is 7.22. The van der Waals surface area contributed by atoms with Crippen LogP contribution in [0.3, 0.4) is 0 Å². The number of carbonyl (C=O) groups excluding carboxylic acids is 2. The monoisotopic (exact) mass is 476 g/mol.